The van der Waals surface area contributed by atoms with E-state index in [9.17, 15) is 0 Å². The molecule has 0 atom stereocenters. The summed E-state index contributed by atoms with van der Waals surface area (Å²) in [5, 5.41) is 17.0. The van der Waals surface area contributed by atoms with E-state index in [1.54, 1.807) is 0 Å². The van der Waals surface area contributed by atoms with Crippen LogP contribution in [0.15, 0.2) is 30.3 Å². The molecule has 0 aliphatic rings. The Morgan fingerprint density at radius 2 is 1.80 bits per heavy atom. The van der Waals surface area contributed by atoms with E-state index in [1.165, 1.54) is 11.3 Å². The van der Waals surface area contributed by atoms with E-state index in [0.29, 0.717) is 0 Å². The van der Waals surface area contributed by atoms with Crippen LogP contribution in [0.25, 0.3) is 0 Å². The van der Waals surface area contributed by atoms with Gasteiger partial charge < -0.3 is 10.4 Å². The maximum Gasteiger partial charge on any atom is 0.0681 e. The van der Waals surface area contributed by atoms with Crippen LogP contribution >= 0.6 is 0 Å². The summed E-state index contributed by atoms with van der Waals surface area (Å²) < 4.78 is 2.06. The zero-order valence-corrected chi connectivity index (χ0v) is 12.3. The first-order valence-electron chi connectivity index (χ1n) is 7.21. The van der Waals surface area contributed by atoms with Gasteiger partial charge in [0.1, 0.15) is 0 Å². The molecule has 2 rings (SSSR count). The summed E-state index contributed by atoms with van der Waals surface area (Å²) in [6.07, 6.45) is 0.975. The van der Waals surface area contributed by atoms with Crippen molar-refractivity contribution in [2.45, 2.75) is 46.5 Å². The Morgan fingerprint density at radius 1 is 1.10 bits per heavy atom. The predicted molar refractivity (Wildman–Crippen MR) is 80.2 cm³/mol. The molecule has 0 saturated heterocycles. The third-order valence-electron chi connectivity index (χ3n) is 3.42. The lowest BCUT2D eigenvalue weighted by atomic mass is 10.1. The monoisotopic (exact) mass is 273 g/mol. The lowest BCUT2D eigenvalue weighted by Crippen LogP contribution is -2.16. The number of rotatable bonds is 7. The Morgan fingerprint density at radius 3 is 2.40 bits per heavy atom. The van der Waals surface area contributed by atoms with Gasteiger partial charge in [-0.15, -0.1) is 0 Å². The number of nitrogens with zero attached hydrogens (tertiary/aromatic N) is 2. The zero-order valence-electron chi connectivity index (χ0n) is 12.3. The summed E-state index contributed by atoms with van der Waals surface area (Å²) in [5.41, 5.74) is 4.55. The molecule has 20 heavy (non-hydrogen) atoms. The van der Waals surface area contributed by atoms with Crippen LogP contribution in [0.3, 0.4) is 0 Å². The summed E-state index contributed by atoms with van der Waals surface area (Å²) in [5.74, 6) is 0. The predicted octanol–water partition coefficient (Wildman–Crippen LogP) is 2.25. The van der Waals surface area contributed by atoms with Gasteiger partial charge in [0.05, 0.1) is 18.0 Å². The first-order valence-corrected chi connectivity index (χ1v) is 7.21. The van der Waals surface area contributed by atoms with Crippen molar-refractivity contribution >= 4 is 0 Å². The van der Waals surface area contributed by atoms with Crippen LogP contribution < -0.4 is 5.32 Å². The second kappa shape index (κ2) is 7.22. The number of nitrogens with one attached hydrogen (secondary N) is 1. The molecule has 2 aromatic rings. The molecule has 0 amide bonds. The van der Waals surface area contributed by atoms with Crippen LogP contribution in [0.4, 0.5) is 0 Å². The molecule has 4 heteroatoms. The first kappa shape index (κ1) is 14.8. The minimum Gasteiger partial charge on any atom is -0.392 e. The van der Waals surface area contributed by atoms with Gasteiger partial charge in [-0.2, -0.15) is 5.10 Å². The highest BCUT2D eigenvalue weighted by molar-refractivity contribution is 5.22. The molecule has 0 aliphatic carbocycles. The van der Waals surface area contributed by atoms with Crippen LogP contribution in [-0.2, 0) is 32.7 Å². The van der Waals surface area contributed by atoms with E-state index in [4.69, 9.17) is 5.11 Å². The largest absolute Gasteiger partial charge is 0.392 e. The number of aliphatic hydroxyl groups is 1. The second-order valence-electron chi connectivity index (χ2n) is 4.87. The average molecular weight is 273 g/mol. The zero-order chi connectivity index (χ0) is 14.4. The number of aryl methyl sites for hydroxylation is 2. The number of aromatic nitrogens is 2. The fourth-order valence-corrected chi connectivity index (χ4v) is 2.20. The van der Waals surface area contributed by atoms with Crippen LogP contribution in [0, 0.1) is 0 Å². The lowest BCUT2D eigenvalue weighted by molar-refractivity contribution is 0.282. The molecule has 0 bridgehead atoms. The quantitative estimate of drug-likeness (QED) is 0.813. The van der Waals surface area contributed by atoms with Crippen molar-refractivity contribution in [2.24, 2.45) is 0 Å². The number of benzene rings is 1. The van der Waals surface area contributed by atoms with Crippen LogP contribution in [0.1, 0.15) is 36.4 Å². The van der Waals surface area contributed by atoms with E-state index >= 15 is 0 Å². The number of hydrogen-bond acceptors (Lipinski definition) is 3. The third-order valence-corrected chi connectivity index (χ3v) is 3.42. The molecule has 1 heterocycles. The van der Waals surface area contributed by atoms with Gasteiger partial charge in [-0.25, -0.2) is 0 Å². The van der Waals surface area contributed by atoms with Gasteiger partial charge in [0.25, 0.3) is 0 Å². The highest BCUT2D eigenvalue weighted by Crippen LogP contribution is 2.07. The van der Waals surface area contributed by atoms with Crippen LogP contribution in [0.2, 0.25) is 0 Å². The number of aliphatic hydroxyl groups excluding tert-OH is 1. The van der Waals surface area contributed by atoms with Gasteiger partial charge in [-0.1, -0.05) is 31.2 Å². The van der Waals surface area contributed by atoms with Crippen LogP contribution in [-0.4, -0.2) is 14.9 Å². The number of hydrogen-bond donors (Lipinski definition) is 2. The second-order valence-corrected chi connectivity index (χ2v) is 4.87. The Balaban J connectivity index is 1.90. The van der Waals surface area contributed by atoms with Crippen molar-refractivity contribution in [1.82, 2.24) is 15.1 Å². The van der Waals surface area contributed by atoms with Gasteiger partial charge >= 0.3 is 0 Å². The maximum atomic E-state index is 9.01. The average Bonchev–Trinajstić information content (AvgIpc) is 2.90. The minimum absolute atomic E-state index is 0.100. The van der Waals surface area contributed by atoms with Gasteiger partial charge in [0.2, 0.25) is 0 Å². The van der Waals surface area contributed by atoms with Crippen molar-refractivity contribution in [3.05, 3.63) is 52.8 Å². The van der Waals surface area contributed by atoms with Gasteiger partial charge in [0.15, 0.2) is 0 Å². The molecular formula is C16H23N3O. The molecule has 1 aromatic carbocycles. The lowest BCUT2D eigenvalue weighted by Gasteiger charge is -2.07. The topological polar surface area (TPSA) is 50.1 Å². The van der Waals surface area contributed by atoms with E-state index in [0.717, 1.165) is 37.3 Å². The molecule has 0 spiro atoms. The highest BCUT2D eigenvalue weighted by atomic mass is 16.3. The summed E-state index contributed by atoms with van der Waals surface area (Å²) in [4.78, 5) is 0. The van der Waals surface area contributed by atoms with Crippen molar-refractivity contribution in [2.75, 3.05) is 0 Å². The minimum atomic E-state index is 0.100. The summed E-state index contributed by atoms with van der Waals surface area (Å²) in [7, 11) is 0. The molecule has 0 radical (unpaired) electrons. The fourth-order valence-electron chi connectivity index (χ4n) is 2.20. The van der Waals surface area contributed by atoms with Gasteiger partial charge in [-0.3, -0.25) is 4.68 Å². The Hall–Kier alpha value is -1.65. The normalized spacial score (nSPS) is 10.9. The molecule has 2 N–H and O–H groups in total. The Kier molecular flexibility index (Phi) is 5.32. The van der Waals surface area contributed by atoms with Crippen LogP contribution in [0.5, 0.6) is 0 Å². The van der Waals surface area contributed by atoms with Crippen molar-refractivity contribution in [1.29, 1.82) is 0 Å². The third kappa shape index (κ3) is 3.68. The Bertz CT molecular complexity index is 531. The summed E-state index contributed by atoms with van der Waals surface area (Å²) in [6.45, 7) is 6.89. The molecule has 0 aliphatic heterocycles. The smallest absolute Gasteiger partial charge is 0.0681 e. The molecule has 1 aromatic heterocycles. The van der Waals surface area contributed by atoms with Crippen molar-refractivity contribution in [3.63, 3.8) is 0 Å². The first-order chi connectivity index (χ1) is 9.76. The van der Waals surface area contributed by atoms with Gasteiger partial charge in [0, 0.05) is 19.6 Å². The summed E-state index contributed by atoms with van der Waals surface area (Å²) >= 11 is 0. The standard InChI is InChI=1S/C16H23N3O/c1-3-15-9-16(19(4-2)18-15)11-17-10-13-5-7-14(12-20)8-6-13/h5-9,17,20H,3-4,10-12H2,1-2H3. The fraction of sp³-hybridized carbons (Fsp3) is 0.438. The van der Waals surface area contributed by atoms with Crippen molar-refractivity contribution in [3.8, 4) is 0 Å². The van der Waals surface area contributed by atoms with E-state index < -0.39 is 0 Å². The molecular weight excluding hydrogens is 250 g/mol. The van der Waals surface area contributed by atoms with E-state index in [2.05, 4.69) is 35.0 Å². The molecule has 4 nitrogen and oxygen atoms in total. The SMILES string of the molecule is CCc1cc(CNCc2ccc(CO)cc2)n(CC)n1. The molecule has 0 unspecified atom stereocenters. The van der Waals surface area contributed by atoms with E-state index in [-0.39, 0.29) is 6.61 Å². The summed E-state index contributed by atoms with van der Waals surface area (Å²) in [6, 6.07) is 10.2. The van der Waals surface area contributed by atoms with Gasteiger partial charge in [-0.05, 0) is 30.5 Å². The molecule has 0 saturated carbocycles. The van der Waals surface area contributed by atoms with Crippen molar-refractivity contribution < 1.29 is 5.11 Å². The highest BCUT2D eigenvalue weighted by Gasteiger charge is 2.05. The molecule has 0 fully saturated rings. The Labute approximate surface area is 120 Å². The molecule has 108 valence electrons. The maximum absolute atomic E-state index is 9.01. The van der Waals surface area contributed by atoms with E-state index in [1.807, 2.05) is 24.3 Å².